The van der Waals surface area contributed by atoms with E-state index in [4.69, 9.17) is 9.97 Å². The van der Waals surface area contributed by atoms with Crippen LogP contribution in [-0.2, 0) is 12.8 Å². The Morgan fingerprint density at radius 2 is 0.944 bits per heavy atom. The summed E-state index contributed by atoms with van der Waals surface area (Å²) in [7, 11) is 0. The summed E-state index contributed by atoms with van der Waals surface area (Å²) in [4.78, 5) is 17.8. The monoisotopic (exact) mass is 478 g/mol. The number of hydrogen-bond acceptors (Lipinski definition) is 2. The van der Waals surface area contributed by atoms with Gasteiger partial charge in [-0.2, -0.15) is 0 Å². The van der Waals surface area contributed by atoms with Crippen molar-refractivity contribution in [2.24, 2.45) is 0 Å². The molecule has 0 saturated carbocycles. The molecular formula is C32H38N4. The average Bonchev–Trinajstić information content (AvgIpc) is 3.56. The van der Waals surface area contributed by atoms with Gasteiger partial charge in [0.25, 0.3) is 0 Å². The SMILES string of the molecule is CCC1=C(C)c2nc1ccc1[nH]c(c3nc(ccc4[nH]c2c(C)c4CC)C(CC)=C3C)c(C)c1CC. The van der Waals surface area contributed by atoms with Gasteiger partial charge >= 0.3 is 0 Å². The number of nitrogens with zero attached hydrogens (tertiary/aromatic N) is 2. The molecule has 0 fully saturated rings. The molecule has 5 heterocycles. The van der Waals surface area contributed by atoms with Crippen LogP contribution in [-0.4, -0.2) is 19.9 Å². The van der Waals surface area contributed by atoms with Crippen LogP contribution in [0, 0.1) is 13.8 Å². The Hall–Kier alpha value is -3.40. The molecule has 5 rings (SSSR count). The molecule has 2 aliphatic rings. The van der Waals surface area contributed by atoms with Gasteiger partial charge in [-0.05, 0) is 122 Å². The van der Waals surface area contributed by atoms with Gasteiger partial charge < -0.3 is 9.97 Å². The van der Waals surface area contributed by atoms with E-state index >= 15 is 0 Å². The first-order valence-electron chi connectivity index (χ1n) is 13.5. The number of nitrogens with one attached hydrogen (secondary N) is 2. The van der Waals surface area contributed by atoms with Gasteiger partial charge in [-0.1, -0.05) is 27.7 Å². The molecule has 36 heavy (non-hydrogen) atoms. The number of allylic oxidation sites excluding steroid dienone is 4. The Morgan fingerprint density at radius 1 is 0.556 bits per heavy atom. The highest BCUT2D eigenvalue weighted by atomic mass is 14.8. The summed E-state index contributed by atoms with van der Waals surface area (Å²) in [6, 6.07) is 8.83. The maximum absolute atomic E-state index is 5.18. The van der Waals surface area contributed by atoms with Gasteiger partial charge in [0.2, 0.25) is 0 Å². The molecular weight excluding hydrogens is 440 g/mol. The van der Waals surface area contributed by atoms with Gasteiger partial charge in [0.1, 0.15) is 0 Å². The fourth-order valence-electron chi connectivity index (χ4n) is 6.18. The third-order valence-corrected chi connectivity index (χ3v) is 8.23. The molecule has 0 saturated heterocycles. The fourth-order valence-corrected chi connectivity index (χ4v) is 6.18. The van der Waals surface area contributed by atoms with E-state index in [2.05, 4.69) is 89.6 Å². The highest BCUT2D eigenvalue weighted by Crippen LogP contribution is 2.37. The molecule has 3 aromatic rings. The molecule has 0 aliphatic carbocycles. The Labute approximate surface area is 214 Å². The van der Waals surface area contributed by atoms with Crippen LogP contribution < -0.4 is 0 Å². The summed E-state index contributed by atoms with van der Waals surface area (Å²) >= 11 is 0. The molecule has 0 radical (unpaired) electrons. The highest BCUT2D eigenvalue weighted by Gasteiger charge is 2.21. The molecule has 4 heteroatoms. The molecule has 0 unspecified atom stereocenters. The van der Waals surface area contributed by atoms with E-state index in [1.807, 2.05) is 0 Å². The van der Waals surface area contributed by atoms with Gasteiger partial charge in [0.05, 0.1) is 33.8 Å². The van der Waals surface area contributed by atoms with Crippen LogP contribution in [0.5, 0.6) is 0 Å². The molecule has 0 aromatic carbocycles. The van der Waals surface area contributed by atoms with Crippen LogP contribution in [0.3, 0.4) is 0 Å². The van der Waals surface area contributed by atoms with Crippen molar-refractivity contribution in [3.63, 3.8) is 0 Å². The van der Waals surface area contributed by atoms with Crippen LogP contribution in [0.2, 0.25) is 0 Å². The molecule has 0 amide bonds. The predicted octanol–water partition coefficient (Wildman–Crippen LogP) is 8.74. The van der Waals surface area contributed by atoms with Gasteiger partial charge in [-0.25, -0.2) is 9.97 Å². The van der Waals surface area contributed by atoms with Crippen molar-refractivity contribution >= 4 is 44.4 Å². The van der Waals surface area contributed by atoms with Crippen LogP contribution in [0.15, 0.2) is 24.3 Å². The van der Waals surface area contributed by atoms with Crippen molar-refractivity contribution in [2.75, 3.05) is 0 Å². The van der Waals surface area contributed by atoms with Crippen LogP contribution in [0.25, 0.3) is 44.4 Å². The van der Waals surface area contributed by atoms with Crippen molar-refractivity contribution in [3.05, 3.63) is 69.3 Å². The lowest BCUT2D eigenvalue weighted by Gasteiger charge is -2.00. The molecule has 2 N–H and O–H groups in total. The van der Waals surface area contributed by atoms with E-state index in [-0.39, 0.29) is 0 Å². The smallest absolute Gasteiger partial charge is 0.0907 e. The van der Waals surface area contributed by atoms with Crippen molar-refractivity contribution in [1.82, 2.24) is 19.9 Å². The van der Waals surface area contributed by atoms with Gasteiger partial charge in [-0.3, -0.25) is 0 Å². The third-order valence-electron chi connectivity index (χ3n) is 8.23. The number of hydrogen-bond donors (Lipinski definition) is 2. The zero-order valence-electron chi connectivity index (χ0n) is 23.0. The van der Waals surface area contributed by atoms with Crippen LogP contribution >= 0.6 is 0 Å². The van der Waals surface area contributed by atoms with E-state index < -0.39 is 0 Å². The highest BCUT2D eigenvalue weighted by molar-refractivity contribution is 5.98. The summed E-state index contributed by atoms with van der Waals surface area (Å²) in [6.45, 7) is 17.8. The number of rotatable bonds is 4. The summed E-state index contributed by atoms with van der Waals surface area (Å²) in [5.74, 6) is 0. The summed E-state index contributed by atoms with van der Waals surface area (Å²) in [6.07, 6.45) is 3.86. The summed E-state index contributed by atoms with van der Waals surface area (Å²) in [5.41, 5.74) is 19.3. The van der Waals surface area contributed by atoms with Crippen LogP contribution in [0.4, 0.5) is 0 Å². The molecule has 0 atom stereocenters. The topological polar surface area (TPSA) is 57.4 Å². The Morgan fingerprint density at radius 3 is 1.28 bits per heavy atom. The van der Waals surface area contributed by atoms with Gasteiger partial charge in [0, 0.05) is 11.0 Å². The largest absolute Gasteiger partial charge is 0.353 e. The van der Waals surface area contributed by atoms with E-state index in [1.54, 1.807) is 0 Å². The number of fused-ring (bicyclic) bond motifs is 10. The lowest BCUT2D eigenvalue weighted by Crippen LogP contribution is -1.84. The minimum absolute atomic E-state index is 0.959. The Balaban J connectivity index is 2.00. The third kappa shape index (κ3) is 3.57. The molecule has 2 aliphatic heterocycles. The quantitative estimate of drug-likeness (QED) is 0.394. The Kier molecular flexibility index (Phi) is 6.23. The zero-order valence-corrected chi connectivity index (χ0v) is 23.0. The molecule has 3 aromatic heterocycles. The number of H-pyrrole nitrogens is 2. The number of aromatic nitrogens is 4. The predicted molar refractivity (Wildman–Crippen MR) is 155 cm³/mol. The van der Waals surface area contributed by atoms with Gasteiger partial charge in [0.15, 0.2) is 0 Å². The Bertz CT molecular complexity index is 1480. The summed E-state index contributed by atoms with van der Waals surface area (Å²) in [5, 5.41) is 0. The normalized spacial score (nSPS) is 13.8. The molecule has 186 valence electrons. The van der Waals surface area contributed by atoms with E-state index in [0.717, 1.165) is 70.5 Å². The standard InChI is InChI=1S/C32H38N4/c1-9-21-17(5)29-30-18(6)22(10-2)27(34-30)15-16-28-24(12-4)20(8)32(36-28)31-19(7)23(11-3)26(35-31)14-13-25(21)33-29/h13-16,33,36H,9-12H2,1-8H3. The van der Waals surface area contributed by atoms with E-state index in [0.29, 0.717) is 0 Å². The van der Waals surface area contributed by atoms with E-state index in [1.165, 1.54) is 44.5 Å². The second-order valence-electron chi connectivity index (χ2n) is 10.0. The first kappa shape index (κ1) is 24.3. The minimum Gasteiger partial charge on any atom is -0.353 e. The van der Waals surface area contributed by atoms with Gasteiger partial charge in [-0.15, -0.1) is 0 Å². The zero-order chi connectivity index (χ0) is 25.7. The molecule has 4 nitrogen and oxygen atoms in total. The van der Waals surface area contributed by atoms with E-state index in [9.17, 15) is 0 Å². The maximum Gasteiger partial charge on any atom is 0.0907 e. The first-order valence-corrected chi connectivity index (χ1v) is 13.5. The second-order valence-corrected chi connectivity index (χ2v) is 10.0. The average molecular weight is 479 g/mol. The fraction of sp³-hybridized carbons (Fsp3) is 0.375. The lowest BCUT2D eigenvalue weighted by atomic mass is 10.0. The first-order chi connectivity index (χ1) is 17.3. The lowest BCUT2D eigenvalue weighted by molar-refractivity contribution is 1.14. The minimum atomic E-state index is 0.959. The summed E-state index contributed by atoms with van der Waals surface area (Å²) < 4.78 is 0. The van der Waals surface area contributed by atoms with Crippen molar-refractivity contribution < 1.29 is 0 Å². The second kappa shape index (κ2) is 9.24. The van der Waals surface area contributed by atoms with Crippen molar-refractivity contribution in [2.45, 2.75) is 81.1 Å². The maximum atomic E-state index is 5.18. The number of aryl methyl sites for hydroxylation is 4. The molecule has 0 spiro atoms. The van der Waals surface area contributed by atoms with Crippen LogP contribution in [0.1, 0.15) is 99.4 Å². The van der Waals surface area contributed by atoms with Crippen molar-refractivity contribution in [3.8, 4) is 0 Å². The number of aromatic amines is 2. The van der Waals surface area contributed by atoms with Crippen molar-refractivity contribution in [1.29, 1.82) is 0 Å². The molecule has 8 bridgehead atoms.